The number of anilines is 1. The molecule has 10 heteroatoms. The Morgan fingerprint density at radius 2 is 1.96 bits per heavy atom. The van der Waals surface area contributed by atoms with Gasteiger partial charge in [-0.3, -0.25) is 9.20 Å². The maximum Gasteiger partial charge on any atom is 0.237 e. The maximum atomic E-state index is 13.7. The summed E-state index contributed by atoms with van der Waals surface area (Å²) < 4.78 is 41.8. The Bertz CT molecular complexity index is 1170. The third-order valence-electron chi connectivity index (χ3n) is 3.95. The molecule has 0 aliphatic carbocycles. The summed E-state index contributed by atoms with van der Waals surface area (Å²) in [6, 6.07) is 9.17. The van der Waals surface area contributed by atoms with E-state index in [1.165, 1.54) is 0 Å². The lowest BCUT2D eigenvalue weighted by Crippen LogP contribution is -2.23. The van der Waals surface area contributed by atoms with Crippen LogP contribution in [0.4, 0.5) is 18.9 Å². The summed E-state index contributed by atoms with van der Waals surface area (Å²) in [4.78, 5) is 16.7. The Kier molecular flexibility index (Phi) is 4.27. The second-order valence-corrected chi connectivity index (χ2v) is 7.05. The third kappa shape index (κ3) is 3.01. The SMILES string of the molecule is C[C@@H](Sc1n[nH]c2nc3ccccc3n12)C(=O)Nc1ccc(F)c(F)c1F. The van der Waals surface area contributed by atoms with Crippen LogP contribution in [0.3, 0.4) is 0 Å². The van der Waals surface area contributed by atoms with Crippen LogP contribution in [-0.4, -0.2) is 30.7 Å². The van der Waals surface area contributed by atoms with Gasteiger partial charge in [-0.05, 0) is 31.2 Å². The van der Waals surface area contributed by atoms with Crippen molar-refractivity contribution in [3.05, 3.63) is 53.8 Å². The smallest absolute Gasteiger partial charge is 0.237 e. The first-order valence-electron chi connectivity index (χ1n) is 7.88. The lowest BCUT2D eigenvalue weighted by atomic mass is 10.2. The number of benzene rings is 2. The summed E-state index contributed by atoms with van der Waals surface area (Å²) in [5.41, 5.74) is 1.17. The van der Waals surface area contributed by atoms with Crippen LogP contribution in [0.1, 0.15) is 6.92 Å². The summed E-state index contributed by atoms with van der Waals surface area (Å²) >= 11 is 1.12. The molecule has 2 aromatic heterocycles. The van der Waals surface area contributed by atoms with Crippen LogP contribution in [0.5, 0.6) is 0 Å². The number of rotatable bonds is 4. The molecule has 2 aromatic carbocycles. The maximum absolute atomic E-state index is 13.7. The number of hydrogen-bond donors (Lipinski definition) is 2. The van der Waals surface area contributed by atoms with Gasteiger partial charge in [0.15, 0.2) is 22.6 Å². The molecule has 2 N–H and O–H groups in total. The number of hydrogen-bond acceptors (Lipinski definition) is 4. The zero-order chi connectivity index (χ0) is 19.1. The Morgan fingerprint density at radius 1 is 1.19 bits per heavy atom. The lowest BCUT2D eigenvalue weighted by Gasteiger charge is -2.12. The number of fused-ring (bicyclic) bond motifs is 3. The van der Waals surface area contributed by atoms with Crippen LogP contribution in [0, 0.1) is 17.5 Å². The highest BCUT2D eigenvalue weighted by Gasteiger charge is 2.22. The van der Waals surface area contributed by atoms with Crippen molar-refractivity contribution in [3.63, 3.8) is 0 Å². The molecule has 4 rings (SSSR count). The van der Waals surface area contributed by atoms with Gasteiger partial charge in [0.2, 0.25) is 11.7 Å². The Hall–Kier alpha value is -3.01. The van der Waals surface area contributed by atoms with Gasteiger partial charge in [0.25, 0.3) is 0 Å². The largest absolute Gasteiger partial charge is 0.323 e. The molecule has 6 nitrogen and oxygen atoms in total. The normalized spacial score (nSPS) is 12.6. The van der Waals surface area contributed by atoms with Crippen molar-refractivity contribution in [3.8, 4) is 0 Å². The third-order valence-corrected chi connectivity index (χ3v) is 5.00. The first-order valence-corrected chi connectivity index (χ1v) is 8.76. The monoisotopic (exact) mass is 391 g/mol. The number of aromatic amines is 1. The zero-order valence-electron chi connectivity index (χ0n) is 13.8. The van der Waals surface area contributed by atoms with Gasteiger partial charge in [0.05, 0.1) is 22.0 Å². The average Bonchev–Trinajstić information content (AvgIpc) is 3.22. The van der Waals surface area contributed by atoms with Gasteiger partial charge in [0.1, 0.15) is 0 Å². The first kappa shape index (κ1) is 17.4. The Morgan fingerprint density at radius 3 is 2.78 bits per heavy atom. The van der Waals surface area contributed by atoms with Crippen LogP contribution < -0.4 is 5.32 Å². The summed E-state index contributed by atoms with van der Waals surface area (Å²) in [5, 5.41) is 9.01. The van der Waals surface area contributed by atoms with Gasteiger partial charge in [-0.2, -0.15) is 0 Å². The number of H-pyrrole nitrogens is 1. The molecule has 0 aliphatic heterocycles. The molecule has 0 radical (unpaired) electrons. The molecule has 138 valence electrons. The van der Waals surface area contributed by atoms with E-state index in [2.05, 4.69) is 20.5 Å². The van der Waals surface area contributed by atoms with E-state index in [4.69, 9.17) is 0 Å². The van der Waals surface area contributed by atoms with Crippen molar-refractivity contribution < 1.29 is 18.0 Å². The number of para-hydroxylation sites is 2. The number of carbonyl (C=O) groups is 1. The molecule has 1 atom stereocenters. The minimum absolute atomic E-state index is 0.424. The Balaban J connectivity index is 1.57. The van der Waals surface area contributed by atoms with Crippen molar-refractivity contribution >= 4 is 40.2 Å². The van der Waals surface area contributed by atoms with E-state index in [0.29, 0.717) is 10.9 Å². The number of carbonyl (C=O) groups excluding carboxylic acids is 1. The van der Waals surface area contributed by atoms with E-state index >= 15 is 0 Å². The van der Waals surface area contributed by atoms with E-state index in [1.807, 2.05) is 24.3 Å². The molecule has 0 bridgehead atoms. The number of aromatic nitrogens is 4. The molecule has 0 saturated heterocycles. The fraction of sp³-hybridized carbons (Fsp3) is 0.118. The van der Waals surface area contributed by atoms with Gasteiger partial charge < -0.3 is 5.32 Å². The minimum atomic E-state index is -1.63. The average molecular weight is 391 g/mol. The topological polar surface area (TPSA) is 75.1 Å². The van der Waals surface area contributed by atoms with E-state index in [1.54, 1.807) is 11.3 Å². The molecule has 0 unspecified atom stereocenters. The molecule has 0 fully saturated rings. The predicted octanol–water partition coefficient (Wildman–Crippen LogP) is 3.75. The van der Waals surface area contributed by atoms with Gasteiger partial charge in [0, 0.05) is 0 Å². The number of nitrogens with one attached hydrogen (secondary N) is 2. The van der Waals surface area contributed by atoms with E-state index in [0.717, 1.165) is 34.9 Å². The van der Waals surface area contributed by atoms with Crippen LogP contribution in [0.15, 0.2) is 41.6 Å². The molecule has 1 amide bonds. The second kappa shape index (κ2) is 6.62. The number of nitrogens with zero attached hydrogens (tertiary/aromatic N) is 3. The fourth-order valence-corrected chi connectivity index (χ4v) is 3.46. The van der Waals surface area contributed by atoms with Crippen molar-refractivity contribution in [1.82, 2.24) is 19.6 Å². The molecule has 0 saturated carbocycles. The lowest BCUT2D eigenvalue weighted by molar-refractivity contribution is -0.115. The van der Waals surface area contributed by atoms with Crippen molar-refractivity contribution in [1.29, 1.82) is 0 Å². The highest BCUT2D eigenvalue weighted by atomic mass is 32.2. The molecule has 4 aromatic rings. The van der Waals surface area contributed by atoms with Crippen LogP contribution in [0.2, 0.25) is 0 Å². The fourth-order valence-electron chi connectivity index (χ4n) is 2.59. The van der Waals surface area contributed by atoms with Crippen LogP contribution >= 0.6 is 11.8 Å². The number of halogens is 3. The summed E-state index contributed by atoms with van der Waals surface area (Å²) in [7, 11) is 0. The molecule has 0 spiro atoms. The zero-order valence-corrected chi connectivity index (χ0v) is 14.6. The van der Waals surface area contributed by atoms with E-state index in [-0.39, 0.29) is 0 Å². The van der Waals surface area contributed by atoms with E-state index < -0.39 is 34.3 Å². The predicted molar refractivity (Wildman–Crippen MR) is 95.1 cm³/mol. The van der Waals surface area contributed by atoms with Crippen molar-refractivity contribution in [2.24, 2.45) is 0 Å². The summed E-state index contributed by atoms with van der Waals surface area (Å²) in [6.07, 6.45) is 0. The van der Waals surface area contributed by atoms with Crippen LogP contribution in [-0.2, 0) is 4.79 Å². The minimum Gasteiger partial charge on any atom is -0.323 e. The van der Waals surface area contributed by atoms with Crippen molar-refractivity contribution in [2.45, 2.75) is 17.3 Å². The number of amides is 1. The van der Waals surface area contributed by atoms with E-state index in [9.17, 15) is 18.0 Å². The molecule has 2 heterocycles. The molecule has 27 heavy (non-hydrogen) atoms. The number of thioether (sulfide) groups is 1. The molecular formula is C17H12F3N5OS. The highest BCUT2D eigenvalue weighted by Crippen LogP contribution is 2.27. The van der Waals surface area contributed by atoms with Crippen molar-refractivity contribution in [2.75, 3.05) is 5.32 Å². The first-order chi connectivity index (χ1) is 13.0. The van der Waals surface area contributed by atoms with Crippen LogP contribution in [0.25, 0.3) is 16.8 Å². The van der Waals surface area contributed by atoms with Gasteiger partial charge in [-0.25, -0.2) is 23.3 Å². The second-order valence-electron chi connectivity index (χ2n) is 5.74. The number of imidazole rings is 1. The van der Waals surface area contributed by atoms with Gasteiger partial charge in [-0.15, -0.1) is 5.10 Å². The molecule has 0 aliphatic rings. The standard InChI is InChI=1S/C17H12F3N5OS/c1-8(15(26)21-11-7-6-9(18)13(19)14(11)20)27-17-24-23-16-22-10-4-2-3-5-12(10)25(16)17/h2-8H,1H3,(H,21,26)(H,22,23)/t8-/m1/s1. The van der Waals surface area contributed by atoms with Gasteiger partial charge >= 0.3 is 0 Å². The summed E-state index contributed by atoms with van der Waals surface area (Å²) in [6.45, 7) is 1.59. The summed E-state index contributed by atoms with van der Waals surface area (Å²) in [5.74, 6) is -4.45. The Labute approximate surface area is 154 Å². The highest BCUT2D eigenvalue weighted by molar-refractivity contribution is 8.00. The molecular weight excluding hydrogens is 379 g/mol. The quantitative estimate of drug-likeness (QED) is 0.410. The van der Waals surface area contributed by atoms with Gasteiger partial charge in [-0.1, -0.05) is 23.9 Å².